The molecule has 2 aromatic heterocycles. The molecule has 1 saturated carbocycles. The Morgan fingerprint density at radius 2 is 2.21 bits per heavy atom. The second-order valence-electron chi connectivity index (χ2n) is 7.97. The summed E-state index contributed by atoms with van der Waals surface area (Å²) in [5.41, 5.74) is 10.2. The topological polar surface area (TPSA) is 133 Å². The maximum absolute atomic E-state index is 13.1. The number of imidazole rings is 1. The van der Waals surface area contributed by atoms with E-state index in [0.29, 0.717) is 22.0 Å². The number of anilines is 1. The first-order chi connectivity index (χ1) is 16.2. The number of nitrogens with one attached hydrogen (secondary N) is 2. The van der Waals surface area contributed by atoms with Crippen LogP contribution in [0.15, 0.2) is 48.1 Å². The molecule has 1 atom stereocenters. The number of aryl methyl sites for hydroxylation is 1. The van der Waals surface area contributed by atoms with Gasteiger partial charge in [0.1, 0.15) is 17.8 Å². The van der Waals surface area contributed by atoms with Gasteiger partial charge in [-0.1, -0.05) is 28.8 Å². The molecule has 176 valence electrons. The van der Waals surface area contributed by atoms with Crippen LogP contribution in [0.1, 0.15) is 40.5 Å². The van der Waals surface area contributed by atoms with Crippen LogP contribution < -0.4 is 10.6 Å². The third-order valence-electron chi connectivity index (χ3n) is 5.31. The fourth-order valence-corrected chi connectivity index (χ4v) is 3.77. The maximum Gasteiger partial charge on any atom is 0.271 e. The van der Waals surface area contributed by atoms with Gasteiger partial charge in [-0.15, -0.1) is 0 Å². The van der Waals surface area contributed by atoms with Gasteiger partial charge in [-0.2, -0.15) is 4.98 Å². The number of azide groups is 1. The molecule has 0 aliphatic heterocycles. The number of hydrogen-bond donors (Lipinski definition) is 2. The monoisotopic (exact) mass is 487 g/mol. The molecule has 1 aromatic carbocycles. The summed E-state index contributed by atoms with van der Waals surface area (Å²) in [6, 6.07) is 5.87. The zero-order chi connectivity index (χ0) is 24.3. The summed E-state index contributed by atoms with van der Waals surface area (Å²) >= 11 is 6.05. The van der Waals surface area contributed by atoms with Crippen LogP contribution in [-0.2, 0) is 0 Å². The van der Waals surface area contributed by atoms with Gasteiger partial charge in [-0.25, -0.2) is 18.7 Å². The Labute approximate surface area is 198 Å². The van der Waals surface area contributed by atoms with Crippen LogP contribution in [0.5, 0.6) is 0 Å². The first kappa shape index (κ1) is 23.4. The predicted molar refractivity (Wildman–Crippen MR) is 121 cm³/mol. The van der Waals surface area contributed by atoms with E-state index in [0.717, 1.165) is 0 Å². The third-order valence-corrected chi connectivity index (χ3v) is 5.55. The molecule has 1 aliphatic carbocycles. The van der Waals surface area contributed by atoms with Crippen LogP contribution in [0.2, 0.25) is 5.02 Å². The lowest BCUT2D eigenvalue weighted by Gasteiger charge is -2.35. The van der Waals surface area contributed by atoms with Crippen LogP contribution in [0.3, 0.4) is 0 Å². The van der Waals surface area contributed by atoms with Crippen molar-refractivity contribution in [3.63, 3.8) is 0 Å². The number of benzene rings is 1. The van der Waals surface area contributed by atoms with E-state index in [-0.39, 0.29) is 31.0 Å². The summed E-state index contributed by atoms with van der Waals surface area (Å²) in [7, 11) is 0. The van der Waals surface area contributed by atoms with Gasteiger partial charge in [0.2, 0.25) is 5.95 Å². The van der Waals surface area contributed by atoms with Gasteiger partial charge >= 0.3 is 0 Å². The van der Waals surface area contributed by atoms with Gasteiger partial charge in [-0.3, -0.25) is 9.36 Å². The van der Waals surface area contributed by atoms with E-state index in [9.17, 15) is 13.6 Å². The molecular weight excluding hydrogens is 468 g/mol. The van der Waals surface area contributed by atoms with E-state index in [1.54, 1.807) is 42.0 Å². The Balaban J connectivity index is 1.50. The van der Waals surface area contributed by atoms with E-state index >= 15 is 0 Å². The van der Waals surface area contributed by atoms with Crippen LogP contribution in [-0.4, -0.2) is 43.9 Å². The molecule has 2 heterocycles. The second kappa shape index (κ2) is 9.62. The number of carbonyl (C=O) groups excluding carboxylic acids is 1. The van der Waals surface area contributed by atoms with Crippen molar-refractivity contribution in [1.29, 1.82) is 0 Å². The number of hydrogen-bond acceptors (Lipinski definition) is 6. The molecule has 0 spiro atoms. The summed E-state index contributed by atoms with van der Waals surface area (Å²) in [5.74, 6) is -2.47. The average Bonchev–Trinajstić information content (AvgIpc) is 3.27. The minimum atomic E-state index is -2.65. The van der Waals surface area contributed by atoms with Crippen molar-refractivity contribution in [1.82, 2.24) is 24.8 Å². The molecule has 13 heteroatoms. The predicted octanol–water partition coefficient (Wildman–Crippen LogP) is 4.62. The van der Waals surface area contributed by atoms with Crippen LogP contribution in [0, 0.1) is 6.92 Å². The Hall–Kier alpha value is -3.76. The molecule has 0 radical (unpaired) electrons. The van der Waals surface area contributed by atoms with Gasteiger partial charge in [-0.05, 0) is 30.2 Å². The molecule has 10 nitrogen and oxygen atoms in total. The molecule has 0 saturated heterocycles. The first-order valence-electron chi connectivity index (χ1n) is 10.3. The van der Waals surface area contributed by atoms with Crippen molar-refractivity contribution in [2.24, 2.45) is 5.11 Å². The average molecular weight is 488 g/mol. The van der Waals surface area contributed by atoms with Crippen molar-refractivity contribution >= 4 is 23.5 Å². The van der Waals surface area contributed by atoms with Crippen LogP contribution >= 0.6 is 11.6 Å². The zero-order valence-corrected chi connectivity index (χ0v) is 18.7. The van der Waals surface area contributed by atoms with Gasteiger partial charge in [0, 0.05) is 46.8 Å². The minimum absolute atomic E-state index is 0.0104. The molecule has 0 bridgehead atoms. The third kappa shape index (κ3) is 5.41. The van der Waals surface area contributed by atoms with Crippen molar-refractivity contribution in [2.75, 3.05) is 11.9 Å². The summed E-state index contributed by atoms with van der Waals surface area (Å²) in [6.45, 7) is 1.77. The van der Waals surface area contributed by atoms with E-state index in [4.69, 9.17) is 17.1 Å². The Morgan fingerprint density at radius 3 is 2.91 bits per heavy atom. The largest absolute Gasteiger partial charge is 0.351 e. The number of alkyl halides is 2. The molecular formula is C21H20ClF2N9O. The fraction of sp³-hybridized carbons (Fsp3) is 0.333. The lowest BCUT2D eigenvalue weighted by Crippen LogP contribution is -2.44. The summed E-state index contributed by atoms with van der Waals surface area (Å²) in [5, 5.41) is 9.75. The highest BCUT2D eigenvalue weighted by atomic mass is 35.5. The lowest BCUT2D eigenvalue weighted by molar-refractivity contribution is -0.0794. The van der Waals surface area contributed by atoms with Gasteiger partial charge < -0.3 is 10.6 Å². The molecule has 1 fully saturated rings. The number of amides is 1. The lowest BCUT2D eigenvalue weighted by atomic mass is 9.88. The van der Waals surface area contributed by atoms with Crippen LogP contribution in [0.4, 0.5) is 14.7 Å². The van der Waals surface area contributed by atoms with Crippen LogP contribution in [0.25, 0.3) is 16.3 Å². The van der Waals surface area contributed by atoms with E-state index in [1.165, 1.54) is 12.5 Å². The standard InChI is InChI=1S/C21H20ClF2N9O/c1-12-8-26-20(29-15-6-21(23,24)7-15)31-18(12)33-10-17(27-11-33)19(34)30-16(9-28-32-25)13-3-2-4-14(22)5-13/h2-5,8,10-11,15-16H,6-7,9H2,1H3,(H,30,34)(H,26,29,31)/t16-/m1/s1. The smallest absolute Gasteiger partial charge is 0.271 e. The number of rotatable bonds is 8. The molecule has 34 heavy (non-hydrogen) atoms. The Kier molecular flexibility index (Phi) is 6.62. The number of carbonyl (C=O) groups is 1. The Morgan fingerprint density at radius 1 is 1.41 bits per heavy atom. The highest BCUT2D eigenvalue weighted by Crippen LogP contribution is 2.38. The number of halogens is 3. The quantitative estimate of drug-likeness (QED) is 0.272. The SMILES string of the molecule is Cc1cnc(NC2CC(F)(F)C2)nc1-n1cnc(C(=O)N[C@H](CN=[N+]=[N-])c2cccc(Cl)c2)c1. The van der Waals surface area contributed by atoms with E-state index < -0.39 is 23.9 Å². The molecule has 1 amide bonds. The first-order valence-corrected chi connectivity index (χ1v) is 10.7. The zero-order valence-electron chi connectivity index (χ0n) is 18.0. The second-order valence-corrected chi connectivity index (χ2v) is 8.40. The normalized spacial score (nSPS) is 15.6. The molecule has 3 aromatic rings. The highest BCUT2D eigenvalue weighted by molar-refractivity contribution is 6.30. The Bertz CT molecular complexity index is 1250. The van der Waals surface area contributed by atoms with Crippen molar-refractivity contribution in [2.45, 2.75) is 37.8 Å². The van der Waals surface area contributed by atoms with E-state index in [2.05, 4.69) is 35.6 Å². The maximum atomic E-state index is 13.1. The molecule has 1 aliphatic rings. The highest BCUT2D eigenvalue weighted by Gasteiger charge is 2.45. The van der Waals surface area contributed by atoms with Crippen molar-refractivity contribution in [3.05, 3.63) is 75.3 Å². The summed E-state index contributed by atoms with van der Waals surface area (Å²) in [4.78, 5) is 28.3. The van der Waals surface area contributed by atoms with E-state index in [1.807, 2.05) is 0 Å². The van der Waals surface area contributed by atoms with Gasteiger partial charge in [0.15, 0.2) is 0 Å². The number of nitrogens with zero attached hydrogens (tertiary/aromatic N) is 7. The molecule has 4 rings (SSSR count). The van der Waals surface area contributed by atoms with Gasteiger partial charge in [0.05, 0.1) is 12.6 Å². The number of aromatic nitrogens is 4. The summed E-state index contributed by atoms with van der Waals surface area (Å²) < 4.78 is 27.8. The fourth-order valence-electron chi connectivity index (χ4n) is 3.57. The van der Waals surface area contributed by atoms with Gasteiger partial charge in [0.25, 0.3) is 11.8 Å². The molecule has 2 N–H and O–H groups in total. The minimum Gasteiger partial charge on any atom is -0.351 e. The molecule has 0 unspecified atom stereocenters. The van der Waals surface area contributed by atoms with Crippen molar-refractivity contribution in [3.8, 4) is 5.82 Å². The van der Waals surface area contributed by atoms with Crippen molar-refractivity contribution < 1.29 is 13.6 Å². The summed E-state index contributed by atoms with van der Waals surface area (Å²) in [6.07, 6.45) is 3.95.